The van der Waals surface area contributed by atoms with Crippen molar-refractivity contribution in [3.63, 3.8) is 0 Å². The van der Waals surface area contributed by atoms with Crippen molar-refractivity contribution in [2.24, 2.45) is 0 Å². The van der Waals surface area contributed by atoms with Gasteiger partial charge in [0.15, 0.2) is 0 Å². The predicted octanol–water partition coefficient (Wildman–Crippen LogP) is 1.69. The van der Waals surface area contributed by atoms with Crippen LogP contribution in [0.5, 0.6) is 0 Å². The van der Waals surface area contributed by atoms with Crippen LogP contribution >= 0.6 is 22.6 Å². The molecule has 0 saturated carbocycles. The summed E-state index contributed by atoms with van der Waals surface area (Å²) in [5, 5.41) is 20.1. The minimum Gasteiger partial charge on any atom is -0.382 e. The van der Waals surface area contributed by atoms with Gasteiger partial charge in [0.05, 0.1) is 10.6 Å². The Bertz CT molecular complexity index is 755. The second-order valence-electron chi connectivity index (χ2n) is 3.70. The Balaban J connectivity index is 2.79. The molecule has 100 valence electrons. The molecule has 0 aliphatic heterocycles. The van der Waals surface area contributed by atoms with Gasteiger partial charge in [-0.05, 0) is 22.6 Å². The maximum Gasteiger partial charge on any atom is 0.283 e. The Morgan fingerprint density at radius 3 is 2.65 bits per heavy atom. The summed E-state index contributed by atoms with van der Waals surface area (Å²) in [5.74, 6) is -0.156. The summed E-state index contributed by atoms with van der Waals surface area (Å²) in [4.78, 5) is 18.1. The quantitative estimate of drug-likeness (QED) is 0.457. The van der Waals surface area contributed by atoms with E-state index in [1.165, 1.54) is 12.1 Å². The lowest BCUT2D eigenvalue weighted by Gasteiger charge is -2.08. The highest BCUT2D eigenvalue weighted by molar-refractivity contribution is 14.1. The number of nitrogens with zero attached hydrogens (tertiary/aromatic N) is 4. The van der Waals surface area contributed by atoms with E-state index in [-0.39, 0.29) is 28.7 Å². The molecule has 20 heavy (non-hydrogen) atoms. The molecule has 0 fully saturated rings. The summed E-state index contributed by atoms with van der Waals surface area (Å²) in [6.07, 6.45) is 0. The lowest BCUT2D eigenvalue weighted by molar-refractivity contribution is -0.385. The van der Waals surface area contributed by atoms with Gasteiger partial charge in [-0.2, -0.15) is 10.2 Å². The van der Waals surface area contributed by atoms with E-state index in [9.17, 15) is 10.1 Å². The van der Waals surface area contributed by atoms with Crippen LogP contribution in [0.3, 0.4) is 0 Å². The predicted molar refractivity (Wildman–Crippen MR) is 80.4 cm³/mol. The monoisotopic (exact) mass is 382 g/mol. The van der Waals surface area contributed by atoms with Crippen molar-refractivity contribution in [3.05, 3.63) is 37.4 Å². The Hall–Kier alpha value is -2.48. The van der Waals surface area contributed by atoms with Crippen molar-refractivity contribution in [2.75, 3.05) is 11.5 Å². The highest BCUT2D eigenvalue weighted by atomic mass is 127. The van der Waals surface area contributed by atoms with Gasteiger partial charge in [-0.1, -0.05) is 12.1 Å². The van der Waals surface area contributed by atoms with Gasteiger partial charge < -0.3 is 11.5 Å². The molecule has 1 aromatic heterocycles. The van der Waals surface area contributed by atoms with E-state index >= 15 is 0 Å². The molecule has 4 N–H and O–H groups in total. The van der Waals surface area contributed by atoms with Crippen molar-refractivity contribution in [3.8, 4) is 17.3 Å². The van der Waals surface area contributed by atoms with Crippen LogP contribution in [0.2, 0.25) is 0 Å². The molecule has 0 bridgehead atoms. The maximum atomic E-state index is 10.9. The number of nitrogens with two attached hydrogens (primary N) is 2. The summed E-state index contributed by atoms with van der Waals surface area (Å²) < 4.78 is 0.351. The molecule has 2 aromatic rings. The number of nitriles is 1. The summed E-state index contributed by atoms with van der Waals surface area (Å²) in [6, 6.07) is 6.37. The molecule has 8 nitrogen and oxygen atoms in total. The first kappa shape index (κ1) is 13.9. The largest absolute Gasteiger partial charge is 0.382 e. The van der Waals surface area contributed by atoms with E-state index in [1.807, 2.05) is 28.7 Å². The van der Waals surface area contributed by atoms with Crippen LogP contribution in [0.4, 0.5) is 17.5 Å². The van der Waals surface area contributed by atoms with Gasteiger partial charge in [0.2, 0.25) is 5.95 Å². The molecule has 1 heterocycles. The van der Waals surface area contributed by atoms with Gasteiger partial charge in [-0.15, -0.1) is 0 Å². The van der Waals surface area contributed by atoms with Crippen LogP contribution in [0.15, 0.2) is 18.2 Å². The maximum absolute atomic E-state index is 10.9. The molecule has 9 heteroatoms. The zero-order valence-corrected chi connectivity index (χ0v) is 12.0. The first-order chi connectivity index (χ1) is 9.45. The molecule has 0 saturated heterocycles. The Labute approximate surface area is 126 Å². The van der Waals surface area contributed by atoms with Crippen molar-refractivity contribution < 1.29 is 4.92 Å². The smallest absolute Gasteiger partial charge is 0.283 e. The van der Waals surface area contributed by atoms with E-state index in [0.29, 0.717) is 9.13 Å². The molecule has 0 spiro atoms. The standard InChI is InChI=1S/C11H7IN6O2/c12-8-5(2-1-3-7(8)18(19)20)9-6(4-13)10(14)17-11(15)16-9/h1-3H,(H4,14,15,16,17). The van der Waals surface area contributed by atoms with Crippen LogP contribution in [0.1, 0.15) is 5.56 Å². The van der Waals surface area contributed by atoms with E-state index in [1.54, 1.807) is 6.07 Å². The lowest BCUT2D eigenvalue weighted by Crippen LogP contribution is -2.06. The zero-order chi connectivity index (χ0) is 14.9. The fourth-order valence-corrected chi connectivity index (χ4v) is 2.46. The van der Waals surface area contributed by atoms with Crippen LogP contribution in [0, 0.1) is 25.0 Å². The number of benzene rings is 1. The number of nitro groups is 1. The molecule has 0 unspecified atom stereocenters. The number of nitro benzene ring substituents is 1. The molecule has 0 radical (unpaired) electrons. The molecular weight excluding hydrogens is 375 g/mol. The van der Waals surface area contributed by atoms with Gasteiger partial charge in [0.25, 0.3) is 5.69 Å². The Morgan fingerprint density at radius 2 is 2.05 bits per heavy atom. The van der Waals surface area contributed by atoms with Crippen molar-refractivity contribution in [1.29, 1.82) is 5.26 Å². The lowest BCUT2D eigenvalue weighted by atomic mass is 10.1. The zero-order valence-electron chi connectivity index (χ0n) is 9.87. The third kappa shape index (κ3) is 2.32. The van der Waals surface area contributed by atoms with E-state index in [0.717, 1.165) is 0 Å². The summed E-state index contributed by atoms with van der Waals surface area (Å²) in [5.41, 5.74) is 11.7. The minimum absolute atomic E-state index is 0.0395. The van der Waals surface area contributed by atoms with Gasteiger partial charge in [-0.3, -0.25) is 10.1 Å². The Kier molecular flexibility index (Phi) is 3.66. The number of hydrogen-bond donors (Lipinski definition) is 2. The number of aromatic nitrogens is 2. The normalized spacial score (nSPS) is 10.0. The molecule has 2 rings (SSSR count). The van der Waals surface area contributed by atoms with E-state index in [2.05, 4.69) is 9.97 Å². The SMILES string of the molecule is N#Cc1c(N)nc(N)nc1-c1cccc([N+](=O)[O-])c1I. The van der Waals surface area contributed by atoms with Crippen LogP contribution < -0.4 is 11.5 Å². The molecule has 0 atom stereocenters. The summed E-state index contributed by atoms with van der Waals surface area (Å²) in [7, 11) is 0. The fourth-order valence-electron chi connectivity index (χ4n) is 1.64. The second-order valence-corrected chi connectivity index (χ2v) is 4.78. The minimum atomic E-state index is -0.509. The van der Waals surface area contributed by atoms with Gasteiger partial charge in [0.1, 0.15) is 21.0 Å². The Morgan fingerprint density at radius 1 is 1.35 bits per heavy atom. The van der Waals surface area contributed by atoms with Gasteiger partial charge in [0, 0.05) is 11.6 Å². The molecule has 1 aromatic carbocycles. The molecule has 0 aliphatic carbocycles. The van der Waals surface area contributed by atoms with Gasteiger partial charge >= 0.3 is 0 Å². The molecule has 0 amide bonds. The highest BCUT2D eigenvalue weighted by Gasteiger charge is 2.20. The number of hydrogen-bond acceptors (Lipinski definition) is 7. The number of nitrogen functional groups attached to an aromatic ring is 2. The number of rotatable bonds is 2. The van der Waals surface area contributed by atoms with Crippen LogP contribution in [-0.4, -0.2) is 14.9 Å². The third-order valence-electron chi connectivity index (χ3n) is 2.50. The average molecular weight is 382 g/mol. The topological polar surface area (TPSA) is 145 Å². The van der Waals surface area contributed by atoms with Crippen molar-refractivity contribution in [1.82, 2.24) is 9.97 Å². The van der Waals surface area contributed by atoms with Crippen LogP contribution in [-0.2, 0) is 0 Å². The van der Waals surface area contributed by atoms with Crippen molar-refractivity contribution in [2.45, 2.75) is 0 Å². The third-order valence-corrected chi connectivity index (χ3v) is 3.63. The molecule has 0 aliphatic rings. The van der Waals surface area contributed by atoms with E-state index < -0.39 is 4.92 Å². The van der Waals surface area contributed by atoms with E-state index in [4.69, 9.17) is 16.7 Å². The van der Waals surface area contributed by atoms with Crippen LogP contribution in [0.25, 0.3) is 11.3 Å². The van der Waals surface area contributed by atoms with Crippen molar-refractivity contribution >= 4 is 40.0 Å². The number of halogens is 1. The first-order valence-corrected chi connectivity index (χ1v) is 6.30. The summed E-state index contributed by atoms with van der Waals surface area (Å²) in [6.45, 7) is 0. The second kappa shape index (κ2) is 5.25. The number of anilines is 2. The van der Waals surface area contributed by atoms with Gasteiger partial charge in [-0.25, -0.2) is 4.98 Å². The first-order valence-electron chi connectivity index (χ1n) is 5.22. The summed E-state index contributed by atoms with van der Waals surface area (Å²) >= 11 is 1.82. The average Bonchev–Trinajstić information content (AvgIpc) is 2.37. The highest BCUT2D eigenvalue weighted by Crippen LogP contribution is 2.33. The fraction of sp³-hybridized carbons (Fsp3) is 0. The molecular formula is C11H7IN6O2.